The Morgan fingerprint density at radius 2 is 2.40 bits per heavy atom. The van der Waals surface area contributed by atoms with Gasteiger partial charge in [-0.3, -0.25) is 4.79 Å². The first-order valence-corrected chi connectivity index (χ1v) is 5.85. The minimum absolute atomic E-state index is 0.0188. The maximum Gasteiger partial charge on any atom is 0.315 e. The van der Waals surface area contributed by atoms with Crippen LogP contribution in [0.2, 0.25) is 0 Å². The number of carbonyl (C=O) groups excluding carboxylic acids is 1. The molecule has 15 heavy (non-hydrogen) atoms. The number of piperidine rings is 1. The predicted molar refractivity (Wildman–Crippen MR) is 58.2 cm³/mol. The molecule has 1 atom stereocenters. The van der Waals surface area contributed by atoms with Crippen molar-refractivity contribution in [1.29, 1.82) is 0 Å². The van der Waals surface area contributed by atoms with Gasteiger partial charge in [-0.25, -0.2) is 0 Å². The third-order valence-corrected chi connectivity index (χ3v) is 3.19. The minimum Gasteiger partial charge on any atom is -0.431 e. The van der Waals surface area contributed by atoms with E-state index in [0.717, 1.165) is 51.0 Å². The lowest BCUT2D eigenvalue weighted by atomic mass is 9.99. The molecule has 1 saturated heterocycles. The summed E-state index contributed by atoms with van der Waals surface area (Å²) >= 11 is 0. The van der Waals surface area contributed by atoms with E-state index < -0.39 is 0 Å². The van der Waals surface area contributed by atoms with Crippen LogP contribution in [0.1, 0.15) is 32.1 Å². The van der Waals surface area contributed by atoms with Crippen LogP contribution in [-0.2, 0) is 9.53 Å². The first kappa shape index (κ1) is 10.7. The van der Waals surface area contributed by atoms with E-state index in [9.17, 15) is 4.79 Å². The Morgan fingerprint density at radius 3 is 3.07 bits per heavy atom. The maximum absolute atomic E-state index is 11.8. The van der Waals surface area contributed by atoms with E-state index in [0.29, 0.717) is 0 Å². The van der Waals surface area contributed by atoms with Crippen LogP contribution in [0.3, 0.4) is 0 Å². The molecular formula is C12H19NO2. The molecule has 84 valence electrons. The fourth-order valence-electron chi connectivity index (χ4n) is 2.31. The van der Waals surface area contributed by atoms with Gasteiger partial charge in [-0.15, -0.1) is 0 Å². The van der Waals surface area contributed by atoms with Gasteiger partial charge in [-0.1, -0.05) is 0 Å². The number of allylic oxidation sites excluding steroid dienone is 2. The average molecular weight is 209 g/mol. The Morgan fingerprint density at radius 1 is 1.53 bits per heavy atom. The molecule has 1 heterocycles. The van der Waals surface area contributed by atoms with Crippen LogP contribution < -0.4 is 0 Å². The minimum atomic E-state index is -0.0188. The van der Waals surface area contributed by atoms with E-state index in [1.165, 1.54) is 0 Å². The lowest BCUT2D eigenvalue weighted by molar-refractivity contribution is -0.146. The largest absolute Gasteiger partial charge is 0.431 e. The average Bonchev–Trinajstić information content (AvgIpc) is 2.70. The topological polar surface area (TPSA) is 29.5 Å². The van der Waals surface area contributed by atoms with Crippen LogP contribution >= 0.6 is 0 Å². The molecule has 0 bridgehead atoms. The van der Waals surface area contributed by atoms with Crippen LogP contribution in [0, 0.1) is 5.92 Å². The fraction of sp³-hybridized carbons (Fsp3) is 0.750. The molecule has 2 rings (SSSR count). The molecule has 1 aliphatic heterocycles. The Balaban J connectivity index is 1.84. The molecule has 0 aromatic rings. The first-order valence-electron chi connectivity index (χ1n) is 5.85. The molecule has 2 aliphatic rings. The number of ether oxygens (including phenoxy) is 1. The van der Waals surface area contributed by atoms with Crippen molar-refractivity contribution < 1.29 is 9.53 Å². The van der Waals surface area contributed by atoms with Gasteiger partial charge >= 0.3 is 5.97 Å². The quantitative estimate of drug-likeness (QED) is 0.651. The number of nitrogens with zero attached hydrogens (tertiary/aromatic N) is 1. The van der Waals surface area contributed by atoms with Gasteiger partial charge in [0.1, 0.15) is 5.76 Å². The lowest BCUT2D eigenvalue weighted by Crippen LogP contribution is -2.36. The van der Waals surface area contributed by atoms with E-state index in [1.54, 1.807) is 0 Å². The van der Waals surface area contributed by atoms with Crippen LogP contribution in [-0.4, -0.2) is 31.0 Å². The van der Waals surface area contributed by atoms with E-state index >= 15 is 0 Å². The van der Waals surface area contributed by atoms with Gasteiger partial charge in [0.05, 0.1) is 5.92 Å². The highest BCUT2D eigenvalue weighted by Gasteiger charge is 2.26. The first-order chi connectivity index (χ1) is 7.25. The number of rotatable bonds is 2. The molecule has 1 unspecified atom stereocenters. The summed E-state index contributed by atoms with van der Waals surface area (Å²) < 4.78 is 5.39. The Labute approximate surface area is 91.1 Å². The molecule has 0 spiro atoms. The Bertz CT molecular complexity index is 273. The van der Waals surface area contributed by atoms with Gasteiger partial charge in [0.2, 0.25) is 0 Å². The SMILES string of the molecule is CN1CCCC(C(=O)OC2=CCCC2)C1. The highest BCUT2D eigenvalue weighted by Crippen LogP contribution is 2.22. The number of hydrogen-bond acceptors (Lipinski definition) is 3. The summed E-state index contributed by atoms with van der Waals surface area (Å²) in [6.45, 7) is 1.96. The summed E-state index contributed by atoms with van der Waals surface area (Å²) in [5, 5.41) is 0. The third kappa shape index (κ3) is 2.81. The second-order valence-corrected chi connectivity index (χ2v) is 4.59. The van der Waals surface area contributed by atoms with Crippen molar-refractivity contribution in [3.63, 3.8) is 0 Å². The van der Waals surface area contributed by atoms with Crippen molar-refractivity contribution in [2.45, 2.75) is 32.1 Å². The van der Waals surface area contributed by atoms with E-state index in [2.05, 4.69) is 11.9 Å². The van der Waals surface area contributed by atoms with E-state index in [1.807, 2.05) is 6.08 Å². The number of carbonyl (C=O) groups is 1. The zero-order valence-electron chi connectivity index (χ0n) is 9.37. The maximum atomic E-state index is 11.8. The monoisotopic (exact) mass is 209 g/mol. The smallest absolute Gasteiger partial charge is 0.315 e. The molecule has 1 aliphatic carbocycles. The Hall–Kier alpha value is -0.830. The summed E-state index contributed by atoms with van der Waals surface area (Å²) in [6.07, 6.45) is 7.27. The van der Waals surface area contributed by atoms with E-state index in [-0.39, 0.29) is 11.9 Å². The second-order valence-electron chi connectivity index (χ2n) is 4.59. The van der Waals surface area contributed by atoms with Gasteiger partial charge in [0.25, 0.3) is 0 Å². The van der Waals surface area contributed by atoms with Crippen molar-refractivity contribution in [3.8, 4) is 0 Å². The molecule has 3 nitrogen and oxygen atoms in total. The Kier molecular flexibility index (Phi) is 3.41. The molecule has 0 N–H and O–H groups in total. The van der Waals surface area contributed by atoms with Crippen LogP contribution in [0.25, 0.3) is 0 Å². The molecule has 0 amide bonds. The second kappa shape index (κ2) is 4.79. The summed E-state index contributed by atoms with van der Waals surface area (Å²) in [6, 6.07) is 0. The van der Waals surface area contributed by atoms with Crippen molar-refractivity contribution in [2.24, 2.45) is 5.92 Å². The third-order valence-electron chi connectivity index (χ3n) is 3.19. The zero-order chi connectivity index (χ0) is 10.7. The fourth-order valence-corrected chi connectivity index (χ4v) is 2.31. The molecule has 0 aromatic heterocycles. The van der Waals surface area contributed by atoms with Crippen molar-refractivity contribution in [2.75, 3.05) is 20.1 Å². The lowest BCUT2D eigenvalue weighted by Gasteiger charge is -2.28. The predicted octanol–water partition coefficient (Wildman–Crippen LogP) is 1.94. The standard InChI is InChI=1S/C12H19NO2/c1-13-8-4-5-10(9-13)12(14)15-11-6-2-3-7-11/h6,10H,2-5,7-9H2,1H3. The van der Waals surface area contributed by atoms with E-state index in [4.69, 9.17) is 4.74 Å². The summed E-state index contributed by atoms with van der Waals surface area (Å²) in [5.74, 6) is 0.966. The van der Waals surface area contributed by atoms with Gasteiger partial charge in [-0.2, -0.15) is 0 Å². The zero-order valence-corrected chi connectivity index (χ0v) is 9.37. The van der Waals surface area contributed by atoms with Crippen LogP contribution in [0.15, 0.2) is 11.8 Å². The van der Waals surface area contributed by atoms with Gasteiger partial charge < -0.3 is 9.64 Å². The molecule has 0 aromatic carbocycles. The molecule has 0 saturated carbocycles. The van der Waals surface area contributed by atoms with Crippen LogP contribution in [0.5, 0.6) is 0 Å². The van der Waals surface area contributed by atoms with Gasteiger partial charge in [0.15, 0.2) is 0 Å². The summed E-state index contributed by atoms with van der Waals surface area (Å²) in [7, 11) is 2.06. The van der Waals surface area contributed by atoms with Gasteiger partial charge in [0, 0.05) is 13.0 Å². The normalized spacial score (nSPS) is 27.5. The number of hydrogen-bond donors (Lipinski definition) is 0. The molecular weight excluding hydrogens is 190 g/mol. The molecule has 3 heteroatoms. The van der Waals surface area contributed by atoms with Crippen molar-refractivity contribution in [3.05, 3.63) is 11.8 Å². The molecule has 1 fully saturated rings. The molecule has 0 radical (unpaired) electrons. The van der Waals surface area contributed by atoms with Crippen molar-refractivity contribution >= 4 is 5.97 Å². The summed E-state index contributed by atoms with van der Waals surface area (Å²) in [5.41, 5.74) is 0. The summed E-state index contributed by atoms with van der Waals surface area (Å²) in [4.78, 5) is 14.0. The number of esters is 1. The van der Waals surface area contributed by atoms with Crippen LogP contribution in [0.4, 0.5) is 0 Å². The highest BCUT2D eigenvalue weighted by molar-refractivity contribution is 5.74. The number of likely N-dealkylation sites (tertiary alicyclic amines) is 1. The van der Waals surface area contributed by atoms with Crippen molar-refractivity contribution in [1.82, 2.24) is 4.90 Å². The van der Waals surface area contributed by atoms with Gasteiger partial charge in [-0.05, 0) is 45.4 Å². The highest BCUT2D eigenvalue weighted by atomic mass is 16.5.